The van der Waals surface area contributed by atoms with Crippen LogP contribution < -0.4 is 11.1 Å². The minimum absolute atomic E-state index is 0.0489. The maximum atomic E-state index is 12.6. The largest absolute Gasteiger partial charge is 0.327 e. The second-order valence-electron chi connectivity index (χ2n) is 5.78. The van der Waals surface area contributed by atoms with Crippen LogP contribution in [-0.4, -0.2) is 22.7 Å². The standard InChI is InChI=1S/C16H17N3OS2/c17-9-5-6-12-14(7-9)22-16(18-12)19-15(20)11-8-21-13-4-2-1-3-10(11)13/h1-4,9,11H,5-8,17H2,(H,18,19,20)/t9-,11?/m0/s1. The minimum atomic E-state index is -0.0793. The van der Waals surface area contributed by atoms with Gasteiger partial charge in [-0.2, -0.15) is 0 Å². The van der Waals surface area contributed by atoms with Crippen LogP contribution in [0.25, 0.3) is 0 Å². The fourth-order valence-corrected chi connectivity index (χ4v) is 5.36. The van der Waals surface area contributed by atoms with Gasteiger partial charge in [-0.1, -0.05) is 18.2 Å². The molecule has 114 valence electrons. The lowest BCUT2D eigenvalue weighted by Gasteiger charge is -2.15. The van der Waals surface area contributed by atoms with Crippen molar-refractivity contribution in [1.29, 1.82) is 0 Å². The molecule has 1 aromatic heterocycles. The molecule has 0 fully saturated rings. The summed E-state index contributed by atoms with van der Waals surface area (Å²) in [6.45, 7) is 0. The van der Waals surface area contributed by atoms with E-state index in [0.29, 0.717) is 0 Å². The molecular weight excluding hydrogens is 314 g/mol. The summed E-state index contributed by atoms with van der Waals surface area (Å²) in [5, 5.41) is 3.73. The molecule has 2 aromatic rings. The summed E-state index contributed by atoms with van der Waals surface area (Å²) < 4.78 is 0. The first-order valence-electron chi connectivity index (χ1n) is 7.47. The Hall–Kier alpha value is -1.37. The molecule has 1 amide bonds. The summed E-state index contributed by atoms with van der Waals surface area (Å²) in [6.07, 6.45) is 2.78. The first-order valence-corrected chi connectivity index (χ1v) is 9.27. The number of anilines is 1. The summed E-state index contributed by atoms with van der Waals surface area (Å²) in [4.78, 5) is 19.6. The van der Waals surface area contributed by atoms with E-state index in [4.69, 9.17) is 5.73 Å². The van der Waals surface area contributed by atoms with E-state index >= 15 is 0 Å². The second kappa shape index (κ2) is 5.68. The molecule has 4 rings (SSSR count). The third kappa shape index (κ3) is 2.55. The summed E-state index contributed by atoms with van der Waals surface area (Å²) in [7, 11) is 0. The van der Waals surface area contributed by atoms with Gasteiger partial charge in [0.1, 0.15) is 0 Å². The number of thiazole rings is 1. The highest BCUT2D eigenvalue weighted by molar-refractivity contribution is 7.99. The van der Waals surface area contributed by atoms with Crippen LogP contribution in [0.2, 0.25) is 0 Å². The number of rotatable bonds is 2. The molecule has 0 radical (unpaired) electrons. The Morgan fingerprint density at radius 1 is 1.36 bits per heavy atom. The third-order valence-corrected chi connectivity index (χ3v) is 6.44. The molecule has 4 nitrogen and oxygen atoms in total. The van der Waals surface area contributed by atoms with Gasteiger partial charge in [0.15, 0.2) is 5.13 Å². The van der Waals surface area contributed by atoms with Gasteiger partial charge in [-0.15, -0.1) is 23.1 Å². The number of benzene rings is 1. The van der Waals surface area contributed by atoms with Gasteiger partial charge in [0, 0.05) is 21.6 Å². The summed E-state index contributed by atoms with van der Waals surface area (Å²) in [5.74, 6) is 0.776. The number of nitrogens with one attached hydrogen (secondary N) is 1. The van der Waals surface area contributed by atoms with Gasteiger partial charge in [-0.25, -0.2) is 4.98 Å². The summed E-state index contributed by atoms with van der Waals surface area (Å²) >= 11 is 3.33. The summed E-state index contributed by atoms with van der Waals surface area (Å²) in [6, 6.07) is 8.37. The number of amides is 1. The minimum Gasteiger partial charge on any atom is -0.327 e. The van der Waals surface area contributed by atoms with E-state index in [1.807, 2.05) is 18.2 Å². The molecule has 0 spiro atoms. The molecule has 0 saturated heterocycles. The predicted octanol–water partition coefficient (Wildman–Crippen LogP) is 2.79. The highest BCUT2D eigenvalue weighted by atomic mass is 32.2. The van der Waals surface area contributed by atoms with Crippen molar-refractivity contribution in [3.8, 4) is 0 Å². The average molecular weight is 331 g/mol. The fraction of sp³-hybridized carbons (Fsp3) is 0.375. The van der Waals surface area contributed by atoms with Gasteiger partial charge < -0.3 is 11.1 Å². The normalized spacial score (nSPS) is 23.0. The van der Waals surface area contributed by atoms with Gasteiger partial charge in [0.25, 0.3) is 0 Å². The van der Waals surface area contributed by atoms with Crippen molar-refractivity contribution in [1.82, 2.24) is 4.98 Å². The number of fused-ring (bicyclic) bond motifs is 2. The van der Waals surface area contributed by atoms with Crippen molar-refractivity contribution in [3.63, 3.8) is 0 Å². The van der Waals surface area contributed by atoms with Crippen LogP contribution in [0.5, 0.6) is 0 Å². The molecule has 1 aromatic carbocycles. The molecule has 1 aliphatic carbocycles. The number of aromatic nitrogens is 1. The number of hydrogen-bond donors (Lipinski definition) is 2. The monoisotopic (exact) mass is 331 g/mol. The van der Waals surface area contributed by atoms with Gasteiger partial charge in [0.2, 0.25) is 5.91 Å². The Morgan fingerprint density at radius 3 is 3.14 bits per heavy atom. The molecule has 0 bridgehead atoms. The van der Waals surface area contributed by atoms with Gasteiger partial charge in [-0.05, 0) is 30.9 Å². The molecule has 0 saturated carbocycles. The van der Waals surface area contributed by atoms with E-state index in [0.717, 1.165) is 41.4 Å². The van der Waals surface area contributed by atoms with Crippen molar-refractivity contribution >= 4 is 34.1 Å². The lowest BCUT2D eigenvalue weighted by molar-refractivity contribution is -0.117. The lowest BCUT2D eigenvalue weighted by Crippen LogP contribution is -2.27. The molecule has 2 atom stereocenters. The van der Waals surface area contributed by atoms with Crippen LogP contribution in [0.4, 0.5) is 5.13 Å². The highest BCUT2D eigenvalue weighted by Gasteiger charge is 2.30. The van der Waals surface area contributed by atoms with Crippen molar-refractivity contribution in [2.75, 3.05) is 11.1 Å². The lowest BCUT2D eigenvalue weighted by atomic mass is 9.99. The number of nitrogens with zero attached hydrogens (tertiary/aromatic N) is 1. The van der Waals surface area contributed by atoms with E-state index in [-0.39, 0.29) is 17.9 Å². The topological polar surface area (TPSA) is 68.0 Å². The zero-order valence-corrected chi connectivity index (χ0v) is 13.7. The number of hydrogen-bond acceptors (Lipinski definition) is 5. The van der Waals surface area contributed by atoms with E-state index < -0.39 is 0 Å². The molecular formula is C16H17N3OS2. The molecule has 1 unspecified atom stereocenters. The number of carbonyl (C=O) groups excluding carboxylic acids is 1. The van der Waals surface area contributed by atoms with Crippen LogP contribution in [0.3, 0.4) is 0 Å². The smallest absolute Gasteiger partial charge is 0.234 e. The second-order valence-corrected chi connectivity index (χ2v) is 7.93. The molecule has 3 N–H and O–H groups in total. The van der Waals surface area contributed by atoms with Crippen LogP contribution in [0, 0.1) is 0 Å². The van der Waals surface area contributed by atoms with Crippen molar-refractivity contribution < 1.29 is 4.79 Å². The number of nitrogens with two attached hydrogens (primary N) is 1. The van der Waals surface area contributed by atoms with E-state index in [1.54, 1.807) is 23.1 Å². The first kappa shape index (κ1) is 14.2. The molecule has 6 heteroatoms. The number of aryl methyl sites for hydroxylation is 1. The zero-order chi connectivity index (χ0) is 15.1. The zero-order valence-electron chi connectivity index (χ0n) is 12.0. The van der Waals surface area contributed by atoms with Gasteiger partial charge >= 0.3 is 0 Å². The fourth-order valence-electron chi connectivity index (χ4n) is 3.03. The quantitative estimate of drug-likeness (QED) is 0.888. The van der Waals surface area contributed by atoms with E-state index in [2.05, 4.69) is 16.4 Å². The van der Waals surface area contributed by atoms with Crippen molar-refractivity contribution in [2.24, 2.45) is 5.73 Å². The molecule has 2 heterocycles. The van der Waals surface area contributed by atoms with Gasteiger partial charge in [-0.3, -0.25) is 4.79 Å². The van der Waals surface area contributed by atoms with E-state index in [9.17, 15) is 4.79 Å². The Morgan fingerprint density at radius 2 is 2.23 bits per heavy atom. The maximum Gasteiger partial charge on any atom is 0.234 e. The molecule has 1 aliphatic heterocycles. The molecule has 2 aliphatic rings. The van der Waals surface area contributed by atoms with Crippen molar-refractivity contribution in [2.45, 2.75) is 36.1 Å². The van der Waals surface area contributed by atoms with Gasteiger partial charge in [0.05, 0.1) is 11.6 Å². The SMILES string of the molecule is N[C@H]1CCc2nc(NC(=O)C3CSc4ccccc43)sc2C1. The summed E-state index contributed by atoms with van der Waals surface area (Å²) in [5.41, 5.74) is 8.25. The average Bonchev–Trinajstić information content (AvgIpc) is 3.09. The van der Waals surface area contributed by atoms with Crippen LogP contribution in [0.1, 0.15) is 28.5 Å². The number of thioether (sulfide) groups is 1. The van der Waals surface area contributed by atoms with Crippen LogP contribution >= 0.6 is 23.1 Å². The van der Waals surface area contributed by atoms with Crippen molar-refractivity contribution in [3.05, 3.63) is 40.4 Å². The maximum absolute atomic E-state index is 12.6. The highest BCUT2D eigenvalue weighted by Crippen LogP contribution is 2.40. The predicted molar refractivity (Wildman–Crippen MR) is 90.7 cm³/mol. The number of carbonyl (C=O) groups is 1. The molecule has 22 heavy (non-hydrogen) atoms. The Balaban J connectivity index is 1.51. The Kier molecular flexibility index (Phi) is 3.68. The Labute approximate surface area is 137 Å². The van der Waals surface area contributed by atoms with E-state index in [1.165, 1.54) is 9.77 Å². The third-order valence-electron chi connectivity index (χ3n) is 4.22. The van der Waals surface area contributed by atoms with Crippen LogP contribution in [0.15, 0.2) is 29.2 Å². The van der Waals surface area contributed by atoms with Crippen LogP contribution in [-0.2, 0) is 17.6 Å². The Bertz CT molecular complexity index is 728. The first-order chi connectivity index (χ1) is 10.7.